The van der Waals surface area contributed by atoms with Gasteiger partial charge >= 0.3 is 5.84 Å². The van der Waals surface area contributed by atoms with Crippen LogP contribution in [0.1, 0.15) is 6.92 Å². The molecule has 0 radical (unpaired) electrons. The summed E-state index contributed by atoms with van der Waals surface area (Å²) in [7, 11) is -1.42. The highest BCUT2D eigenvalue weighted by molar-refractivity contribution is 8.33. The number of para-hydroxylation sites is 2. The fourth-order valence-corrected chi connectivity index (χ4v) is 8.27. The summed E-state index contributed by atoms with van der Waals surface area (Å²) in [5, 5.41) is 0. The van der Waals surface area contributed by atoms with Crippen LogP contribution in [0.25, 0.3) is 28.0 Å². The third-order valence-corrected chi connectivity index (χ3v) is 10.1. The number of hydrogen-bond acceptors (Lipinski definition) is 2. The number of hydrogen-bond donors (Lipinski definition) is 0. The lowest BCUT2D eigenvalue weighted by atomic mass is 10.3. The molecule has 0 saturated heterocycles. The van der Waals surface area contributed by atoms with E-state index < -0.39 is 10.0 Å². The predicted molar refractivity (Wildman–Crippen MR) is 128 cm³/mol. The Hall–Kier alpha value is -3.50. The average Bonchev–Trinajstić information content (AvgIpc) is 3.37. The van der Waals surface area contributed by atoms with Crippen LogP contribution in [0.15, 0.2) is 122 Å². The van der Waals surface area contributed by atoms with Gasteiger partial charge in [-0.2, -0.15) is 15.0 Å². The lowest BCUT2D eigenvalue weighted by Gasteiger charge is -2.40. The molecule has 0 unspecified atom stereocenters. The lowest BCUT2D eigenvalue weighted by molar-refractivity contribution is 0.643. The number of aromatic nitrogens is 2. The number of rotatable bonds is 4. The van der Waals surface area contributed by atoms with E-state index in [4.69, 9.17) is 4.42 Å². The van der Waals surface area contributed by atoms with E-state index in [2.05, 4.69) is 107 Å². The topological polar surface area (TPSA) is 30.4 Å². The molecule has 4 heteroatoms. The van der Waals surface area contributed by atoms with Crippen molar-refractivity contribution in [2.24, 2.45) is 0 Å². The molecule has 3 nitrogen and oxygen atoms in total. The molecular weight excluding hydrogens is 400 g/mol. The van der Waals surface area contributed by atoms with Crippen LogP contribution in [0.3, 0.4) is 0 Å². The molecule has 0 atom stereocenters. The summed E-state index contributed by atoms with van der Waals surface area (Å²) in [5.74, 6) is 1.67. The first-order chi connectivity index (χ1) is 15.3. The highest BCUT2D eigenvalue weighted by atomic mass is 32.3. The van der Waals surface area contributed by atoms with E-state index in [-0.39, 0.29) is 0 Å². The minimum Gasteiger partial charge on any atom is -0.423 e. The number of nitrogens with zero attached hydrogens (tertiary/aromatic N) is 2. The quantitative estimate of drug-likeness (QED) is 0.294. The number of fused-ring (bicyclic) bond motifs is 5. The number of imidazole rings is 1. The molecular formula is C27H22N2OS. The minimum atomic E-state index is -1.42. The van der Waals surface area contributed by atoms with Gasteiger partial charge in [-0.3, -0.25) is 4.40 Å². The van der Waals surface area contributed by atoms with Crippen molar-refractivity contribution >= 4 is 38.0 Å². The Bertz CT molecular complexity index is 1480. The van der Waals surface area contributed by atoms with E-state index in [1.807, 2.05) is 12.1 Å². The van der Waals surface area contributed by atoms with Gasteiger partial charge in [0.25, 0.3) is 0 Å². The van der Waals surface area contributed by atoms with Crippen LogP contribution < -0.4 is 0 Å². The van der Waals surface area contributed by atoms with Gasteiger partial charge in [-0.25, -0.2) is 0 Å². The van der Waals surface area contributed by atoms with Crippen LogP contribution in [0.5, 0.6) is 0 Å². The van der Waals surface area contributed by atoms with Crippen molar-refractivity contribution in [3.05, 3.63) is 103 Å². The first-order valence-corrected chi connectivity index (χ1v) is 12.3. The van der Waals surface area contributed by atoms with Crippen molar-refractivity contribution in [1.82, 2.24) is 9.38 Å². The van der Waals surface area contributed by atoms with E-state index in [0.29, 0.717) is 5.84 Å². The fourth-order valence-electron chi connectivity index (χ4n) is 4.59. The van der Waals surface area contributed by atoms with Crippen molar-refractivity contribution in [3.63, 3.8) is 0 Å². The van der Waals surface area contributed by atoms with Gasteiger partial charge < -0.3 is 4.42 Å². The van der Waals surface area contributed by atoms with Crippen LogP contribution in [-0.2, 0) is 0 Å². The summed E-state index contributed by atoms with van der Waals surface area (Å²) in [6, 6.07) is 36.7. The van der Waals surface area contributed by atoms with Crippen molar-refractivity contribution in [2.75, 3.05) is 5.75 Å². The van der Waals surface area contributed by atoms with Gasteiger partial charge in [0.05, 0.1) is 16.6 Å². The summed E-state index contributed by atoms with van der Waals surface area (Å²) >= 11 is 0. The van der Waals surface area contributed by atoms with E-state index in [0.717, 1.165) is 27.9 Å². The third-order valence-electron chi connectivity index (χ3n) is 6.03. The van der Waals surface area contributed by atoms with Crippen LogP contribution in [0.4, 0.5) is 0 Å². The van der Waals surface area contributed by atoms with Gasteiger partial charge in [0.2, 0.25) is 0 Å². The standard InChI is InChI=1S/C27H22N2OS/c1-2-31(20-11-5-3-6-12-20,21-13-7-4-8-14-21)22-17-18-26-25(19-22)29-24-16-10-9-15-23(24)28-27(29)30-26/h3-19H,2H2,1H3. The Kier molecular flexibility index (Phi) is 4.15. The molecule has 0 amide bonds. The maximum atomic E-state index is 6.11. The molecule has 31 heavy (non-hydrogen) atoms. The maximum absolute atomic E-state index is 6.11. The van der Waals surface area contributed by atoms with Crippen LogP contribution >= 0.6 is 10.0 Å². The Balaban J connectivity index is 1.69. The van der Waals surface area contributed by atoms with Gasteiger partial charge in [0, 0.05) is 4.90 Å². The molecule has 0 saturated carbocycles. The van der Waals surface area contributed by atoms with Gasteiger partial charge in [-0.15, -0.1) is 0 Å². The van der Waals surface area contributed by atoms with Crippen molar-refractivity contribution in [3.8, 4) is 0 Å². The predicted octanol–water partition coefficient (Wildman–Crippen LogP) is 7.54. The summed E-state index contributed by atoms with van der Waals surface area (Å²) < 4.78 is 8.25. The van der Waals surface area contributed by atoms with Crippen LogP contribution in [0, 0.1) is 0 Å². The molecule has 0 aliphatic carbocycles. The van der Waals surface area contributed by atoms with Crippen molar-refractivity contribution in [1.29, 1.82) is 0 Å². The molecule has 6 aromatic rings. The van der Waals surface area contributed by atoms with Crippen LogP contribution in [0.2, 0.25) is 0 Å². The SMILES string of the molecule is CCS(c1ccccc1)(c1ccccc1)c1ccc2oc3nc4ccccc4n3c2c1. The first kappa shape index (κ1) is 18.3. The molecule has 0 spiro atoms. The molecule has 0 aliphatic rings. The normalized spacial score (nSPS) is 12.7. The summed E-state index contributed by atoms with van der Waals surface area (Å²) in [5.41, 5.74) is 3.96. The van der Waals surface area contributed by atoms with E-state index in [1.165, 1.54) is 14.7 Å². The Morgan fingerprint density at radius 3 is 2.03 bits per heavy atom. The maximum Gasteiger partial charge on any atom is 0.307 e. The Labute approximate surface area is 182 Å². The monoisotopic (exact) mass is 422 g/mol. The molecule has 152 valence electrons. The highest BCUT2D eigenvalue weighted by Crippen LogP contribution is 2.68. The molecule has 0 bridgehead atoms. The lowest BCUT2D eigenvalue weighted by Crippen LogP contribution is -2.06. The highest BCUT2D eigenvalue weighted by Gasteiger charge is 2.30. The fraction of sp³-hybridized carbons (Fsp3) is 0.0741. The van der Waals surface area contributed by atoms with Crippen LogP contribution in [-0.4, -0.2) is 15.1 Å². The van der Waals surface area contributed by atoms with Gasteiger partial charge in [-0.1, -0.05) is 55.5 Å². The zero-order valence-electron chi connectivity index (χ0n) is 17.2. The summed E-state index contributed by atoms with van der Waals surface area (Å²) in [6.45, 7) is 2.30. The minimum absolute atomic E-state index is 0.643. The number of oxazole rings is 1. The molecule has 0 fully saturated rings. The molecule has 4 aromatic carbocycles. The van der Waals surface area contributed by atoms with Gasteiger partial charge in [-0.05, 0) is 70.1 Å². The zero-order valence-corrected chi connectivity index (χ0v) is 18.0. The second kappa shape index (κ2) is 7.03. The summed E-state index contributed by atoms with van der Waals surface area (Å²) in [6.07, 6.45) is 0. The van der Waals surface area contributed by atoms with Gasteiger partial charge in [0.15, 0.2) is 5.58 Å². The third kappa shape index (κ3) is 2.65. The zero-order chi connectivity index (χ0) is 20.8. The van der Waals surface area contributed by atoms with E-state index in [1.54, 1.807) is 0 Å². The average molecular weight is 423 g/mol. The molecule has 2 heterocycles. The number of benzene rings is 4. The first-order valence-electron chi connectivity index (χ1n) is 10.5. The molecule has 2 aromatic heterocycles. The van der Waals surface area contributed by atoms with E-state index in [9.17, 15) is 0 Å². The molecule has 6 rings (SSSR count). The second-order valence-electron chi connectivity index (χ2n) is 7.60. The molecule has 0 N–H and O–H groups in total. The summed E-state index contributed by atoms with van der Waals surface area (Å²) in [4.78, 5) is 8.76. The molecule has 0 aliphatic heterocycles. The van der Waals surface area contributed by atoms with Crippen molar-refractivity contribution in [2.45, 2.75) is 21.6 Å². The largest absolute Gasteiger partial charge is 0.423 e. The van der Waals surface area contributed by atoms with Crippen molar-refractivity contribution < 1.29 is 4.42 Å². The van der Waals surface area contributed by atoms with Gasteiger partial charge in [0.1, 0.15) is 0 Å². The Morgan fingerprint density at radius 2 is 1.35 bits per heavy atom. The smallest absolute Gasteiger partial charge is 0.307 e. The second-order valence-corrected chi connectivity index (χ2v) is 11.1. The van der Waals surface area contributed by atoms with E-state index >= 15 is 0 Å². The Morgan fingerprint density at radius 1 is 0.710 bits per heavy atom.